The van der Waals surface area contributed by atoms with Gasteiger partial charge in [-0.1, -0.05) is 6.92 Å². The first kappa shape index (κ1) is 14.6. The first-order valence-corrected chi connectivity index (χ1v) is 6.42. The molecular weight excluding hydrogens is 268 g/mol. The van der Waals surface area contributed by atoms with Crippen LogP contribution in [-0.4, -0.2) is 36.2 Å². The predicted octanol–water partition coefficient (Wildman–Crippen LogP) is 1.38. The summed E-state index contributed by atoms with van der Waals surface area (Å²) in [7, 11) is 1.51. The molecule has 7 nitrogen and oxygen atoms in total. The van der Waals surface area contributed by atoms with Crippen LogP contribution >= 0.6 is 0 Å². The van der Waals surface area contributed by atoms with Gasteiger partial charge in [0.2, 0.25) is 6.29 Å². The number of methoxy groups -OCH3 is 1. The molecule has 0 spiro atoms. The first-order chi connectivity index (χ1) is 9.34. The van der Waals surface area contributed by atoms with Crippen LogP contribution in [0.15, 0.2) is 11.5 Å². The van der Waals surface area contributed by atoms with E-state index in [1.54, 1.807) is 0 Å². The van der Waals surface area contributed by atoms with Crippen molar-refractivity contribution in [2.24, 2.45) is 5.92 Å². The van der Waals surface area contributed by atoms with Crippen molar-refractivity contribution in [3.05, 3.63) is 11.5 Å². The van der Waals surface area contributed by atoms with Crippen molar-refractivity contribution < 1.29 is 33.6 Å². The van der Waals surface area contributed by atoms with Gasteiger partial charge in [-0.2, -0.15) is 0 Å². The molecule has 2 aliphatic heterocycles. The minimum atomic E-state index is -1.33. The molecule has 3 unspecified atom stereocenters. The number of aliphatic carboxylic acids is 1. The number of cyclic esters (lactones) is 1. The third kappa shape index (κ3) is 2.87. The van der Waals surface area contributed by atoms with Crippen molar-refractivity contribution in [2.45, 2.75) is 45.2 Å². The zero-order chi connectivity index (χ0) is 14.9. The second-order valence-electron chi connectivity index (χ2n) is 5.14. The summed E-state index contributed by atoms with van der Waals surface area (Å²) in [4.78, 5) is 22.7. The quantitative estimate of drug-likeness (QED) is 0.780. The number of carbonyl (C=O) groups excluding carboxylic acids is 1. The number of esters is 1. The molecule has 0 saturated carbocycles. The van der Waals surface area contributed by atoms with Crippen LogP contribution in [0.2, 0.25) is 0 Å². The summed E-state index contributed by atoms with van der Waals surface area (Å²) in [5, 5.41) is 8.72. The van der Waals surface area contributed by atoms with Crippen LogP contribution in [0.1, 0.15) is 33.1 Å². The molecule has 0 aromatic carbocycles. The standard InChI is InChI=1S/C13H18O7/c1-7-6-9(17-3)18-12-10(7)11(16)19-13(2,20-12)5-4-8(14)15/h7,9H,4-6H2,1-3H3,(H,14,15). The molecule has 0 aromatic heterocycles. The number of rotatable bonds is 4. The molecule has 0 fully saturated rings. The van der Waals surface area contributed by atoms with Gasteiger partial charge in [0.25, 0.3) is 11.7 Å². The molecule has 7 heteroatoms. The van der Waals surface area contributed by atoms with Crippen LogP contribution < -0.4 is 0 Å². The molecule has 2 rings (SSSR count). The zero-order valence-corrected chi connectivity index (χ0v) is 11.7. The van der Waals surface area contributed by atoms with Gasteiger partial charge in [-0.05, 0) is 0 Å². The van der Waals surface area contributed by atoms with Gasteiger partial charge in [0.1, 0.15) is 5.57 Å². The Kier molecular flexibility index (Phi) is 3.89. The Balaban J connectivity index is 2.19. The van der Waals surface area contributed by atoms with Crippen molar-refractivity contribution >= 4 is 11.9 Å². The van der Waals surface area contributed by atoms with E-state index in [0.717, 1.165) is 0 Å². The van der Waals surface area contributed by atoms with Crippen molar-refractivity contribution in [3.63, 3.8) is 0 Å². The molecule has 20 heavy (non-hydrogen) atoms. The third-order valence-corrected chi connectivity index (χ3v) is 3.39. The molecule has 0 amide bonds. The maximum atomic E-state index is 12.1. The van der Waals surface area contributed by atoms with Crippen molar-refractivity contribution in [2.75, 3.05) is 7.11 Å². The zero-order valence-electron chi connectivity index (χ0n) is 11.7. The van der Waals surface area contributed by atoms with E-state index in [1.165, 1.54) is 14.0 Å². The topological polar surface area (TPSA) is 91.3 Å². The number of carbonyl (C=O) groups is 2. The van der Waals surface area contributed by atoms with Gasteiger partial charge in [0, 0.05) is 32.8 Å². The number of ether oxygens (including phenoxy) is 4. The van der Waals surface area contributed by atoms with E-state index >= 15 is 0 Å². The molecule has 2 aliphatic rings. The third-order valence-electron chi connectivity index (χ3n) is 3.39. The molecule has 0 aromatic rings. The fraction of sp³-hybridized carbons (Fsp3) is 0.692. The van der Waals surface area contributed by atoms with Crippen LogP contribution in [0.5, 0.6) is 0 Å². The molecule has 3 atom stereocenters. The maximum Gasteiger partial charge on any atom is 0.344 e. The summed E-state index contributed by atoms with van der Waals surface area (Å²) in [6.07, 6.45) is -0.0893. The van der Waals surface area contributed by atoms with Crippen molar-refractivity contribution in [3.8, 4) is 0 Å². The minimum Gasteiger partial charge on any atom is -0.481 e. The second-order valence-corrected chi connectivity index (χ2v) is 5.14. The van der Waals surface area contributed by atoms with Gasteiger partial charge < -0.3 is 24.1 Å². The fourth-order valence-corrected chi connectivity index (χ4v) is 2.25. The number of hydrogen-bond acceptors (Lipinski definition) is 6. The first-order valence-electron chi connectivity index (χ1n) is 6.42. The van der Waals surface area contributed by atoms with E-state index in [-0.39, 0.29) is 24.7 Å². The van der Waals surface area contributed by atoms with E-state index in [0.29, 0.717) is 12.0 Å². The van der Waals surface area contributed by atoms with Crippen molar-refractivity contribution in [1.29, 1.82) is 0 Å². The molecule has 1 N–H and O–H groups in total. The summed E-state index contributed by atoms with van der Waals surface area (Å²) >= 11 is 0. The van der Waals surface area contributed by atoms with Gasteiger partial charge in [0.05, 0.1) is 6.42 Å². The van der Waals surface area contributed by atoms with Crippen LogP contribution in [0.4, 0.5) is 0 Å². The van der Waals surface area contributed by atoms with Gasteiger partial charge in [0.15, 0.2) is 0 Å². The lowest BCUT2D eigenvalue weighted by atomic mass is 9.95. The Hall–Kier alpha value is -1.76. The Bertz CT molecular complexity index is 456. The molecular formula is C13H18O7. The normalized spacial score (nSPS) is 32.9. The molecule has 0 saturated heterocycles. The van der Waals surface area contributed by atoms with E-state index in [2.05, 4.69) is 0 Å². The highest BCUT2D eigenvalue weighted by atomic mass is 16.8. The number of carboxylic acid groups (broad SMARTS) is 1. The molecule has 0 bridgehead atoms. The van der Waals surface area contributed by atoms with E-state index < -0.39 is 24.0 Å². The van der Waals surface area contributed by atoms with Gasteiger partial charge in [-0.3, -0.25) is 4.79 Å². The van der Waals surface area contributed by atoms with Gasteiger partial charge in [-0.25, -0.2) is 4.79 Å². The predicted molar refractivity (Wildman–Crippen MR) is 65.1 cm³/mol. The van der Waals surface area contributed by atoms with Crippen LogP contribution in [0.25, 0.3) is 0 Å². The average Bonchev–Trinajstić information content (AvgIpc) is 2.35. The highest BCUT2D eigenvalue weighted by molar-refractivity contribution is 5.90. The lowest BCUT2D eigenvalue weighted by molar-refractivity contribution is -0.263. The fourth-order valence-electron chi connectivity index (χ4n) is 2.25. The minimum absolute atomic E-state index is 0.0419. The lowest BCUT2D eigenvalue weighted by Gasteiger charge is -2.40. The summed E-state index contributed by atoms with van der Waals surface area (Å²) < 4.78 is 21.4. The number of carboxylic acids is 1. The highest BCUT2D eigenvalue weighted by Gasteiger charge is 2.45. The Morgan fingerprint density at radius 3 is 2.80 bits per heavy atom. The largest absolute Gasteiger partial charge is 0.481 e. The van der Waals surface area contributed by atoms with E-state index in [9.17, 15) is 9.59 Å². The average molecular weight is 286 g/mol. The van der Waals surface area contributed by atoms with Gasteiger partial charge >= 0.3 is 11.9 Å². The summed E-state index contributed by atoms with van der Waals surface area (Å²) in [5.74, 6) is -2.87. The number of hydrogen-bond donors (Lipinski definition) is 1. The highest BCUT2D eigenvalue weighted by Crippen LogP contribution is 2.39. The van der Waals surface area contributed by atoms with E-state index in [1.807, 2.05) is 6.92 Å². The summed E-state index contributed by atoms with van der Waals surface area (Å²) in [6, 6.07) is 0. The Morgan fingerprint density at radius 1 is 1.50 bits per heavy atom. The Morgan fingerprint density at radius 2 is 2.20 bits per heavy atom. The van der Waals surface area contributed by atoms with Crippen LogP contribution in [0, 0.1) is 5.92 Å². The van der Waals surface area contributed by atoms with Crippen LogP contribution in [0.3, 0.4) is 0 Å². The monoisotopic (exact) mass is 286 g/mol. The van der Waals surface area contributed by atoms with Crippen LogP contribution in [-0.2, 0) is 28.5 Å². The summed E-state index contributed by atoms with van der Waals surface area (Å²) in [6.45, 7) is 3.37. The van der Waals surface area contributed by atoms with Crippen molar-refractivity contribution in [1.82, 2.24) is 0 Å². The SMILES string of the molecule is COC1CC(C)C2=C(O1)OC(C)(CCC(=O)O)OC2=O. The van der Waals surface area contributed by atoms with Gasteiger partial charge in [-0.15, -0.1) is 0 Å². The Labute approximate surface area is 116 Å². The smallest absolute Gasteiger partial charge is 0.344 e. The van der Waals surface area contributed by atoms with E-state index in [4.69, 9.17) is 24.1 Å². The lowest BCUT2D eigenvalue weighted by Crippen LogP contribution is -2.44. The maximum absolute atomic E-state index is 12.1. The molecule has 112 valence electrons. The summed E-state index contributed by atoms with van der Waals surface area (Å²) in [5.41, 5.74) is 0.339. The second kappa shape index (κ2) is 5.32. The molecule has 0 radical (unpaired) electrons. The molecule has 2 heterocycles. The molecule has 0 aliphatic carbocycles.